The molecule has 0 fully saturated rings. The summed E-state index contributed by atoms with van der Waals surface area (Å²) < 4.78 is 7.54. The Kier molecular flexibility index (Phi) is 4.94. The first-order valence-electron chi connectivity index (χ1n) is 7.56. The van der Waals surface area contributed by atoms with Crippen LogP contribution in [0.25, 0.3) is 11.3 Å². The summed E-state index contributed by atoms with van der Waals surface area (Å²) in [4.78, 5) is 4.47. The van der Waals surface area contributed by atoms with Crippen LogP contribution in [0.1, 0.15) is 22.8 Å². The minimum absolute atomic E-state index is 0.513. The summed E-state index contributed by atoms with van der Waals surface area (Å²) in [6, 6.07) is 7.52. The van der Waals surface area contributed by atoms with Crippen LogP contribution in [0, 0.1) is 13.8 Å². The summed E-state index contributed by atoms with van der Waals surface area (Å²) in [5.74, 6) is 1.40. The molecule has 126 valence electrons. The van der Waals surface area contributed by atoms with E-state index in [0.717, 1.165) is 28.3 Å². The van der Waals surface area contributed by atoms with Crippen LogP contribution in [0.15, 0.2) is 28.7 Å². The number of rotatable bonds is 5. The van der Waals surface area contributed by atoms with Crippen molar-refractivity contribution in [2.45, 2.75) is 26.9 Å². The molecule has 0 aliphatic heterocycles. The summed E-state index contributed by atoms with van der Waals surface area (Å²) in [7, 11) is 1.83. The molecular formula is C17H18Cl2N4O. The molecule has 2 heterocycles. The molecule has 3 aromatic rings. The molecular weight excluding hydrogens is 347 g/mol. The van der Waals surface area contributed by atoms with Crippen molar-refractivity contribution in [2.75, 3.05) is 0 Å². The average Bonchev–Trinajstić information content (AvgIpc) is 3.02. The summed E-state index contributed by atoms with van der Waals surface area (Å²) in [5, 5.41) is 8.93. The Morgan fingerprint density at radius 2 is 1.79 bits per heavy atom. The van der Waals surface area contributed by atoms with E-state index in [1.807, 2.05) is 45.2 Å². The van der Waals surface area contributed by atoms with Crippen molar-refractivity contribution in [3.05, 3.63) is 57.3 Å². The van der Waals surface area contributed by atoms with Gasteiger partial charge in [0.15, 0.2) is 5.76 Å². The number of halogens is 2. The number of aromatic nitrogens is 3. The van der Waals surface area contributed by atoms with E-state index in [4.69, 9.17) is 27.6 Å². The van der Waals surface area contributed by atoms with E-state index < -0.39 is 0 Å². The standard InChI is InChI=1S/C17H18Cl2N4O/c1-10-14(17(19)23(3)22-10)8-20-9-15-21-11(2)16(24-15)12-4-6-13(18)7-5-12/h4-7,20H,8-9H2,1-3H3. The molecule has 3 rings (SSSR count). The van der Waals surface area contributed by atoms with Gasteiger partial charge in [0.05, 0.1) is 17.9 Å². The SMILES string of the molecule is Cc1nc(CNCc2c(C)nn(C)c2Cl)oc1-c1ccc(Cl)cc1. The molecule has 0 unspecified atom stereocenters. The lowest BCUT2D eigenvalue weighted by atomic mass is 10.1. The highest BCUT2D eigenvalue weighted by molar-refractivity contribution is 6.30. The van der Waals surface area contributed by atoms with E-state index in [0.29, 0.717) is 29.2 Å². The fraction of sp³-hybridized carbons (Fsp3) is 0.294. The molecule has 0 radical (unpaired) electrons. The molecule has 2 aromatic heterocycles. The van der Waals surface area contributed by atoms with Crippen molar-refractivity contribution in [1.29, 1.82) is 0 Å². The van der Waals surface area contributed by atoms with E-state index >= 15 is 0 Å². The molecule has 0 amide bonds. The van der Waals surface area contributed by atoms with Crippen LogP contribution in [0.5, 0.6) is 0 Å². The van der Waals surface area contributed by atoms with Crippen LogP contribution in [-0.4, -0.2) is 14.8 Å². The number of benzene rings is 1. The zero-order chi connectivity index (χ0) is 17.3. The van der Waals surface area contributed by atoms with Gasteiger partial charge < -0.3 is 9.73 Å². The van der Waals surface area contributed by atoms with Gasteiger partial charge in [-0.2, -0.15) is 5.10 Å². The van der Waals surface area contributed by atoms with Crippen molar-refractivity contribution in [3.63, 3.8) is 0 Å². The number of nitrogens with zero attached hydrogens (tertiary/aromatic N) is 3. The van der Waals surface area contributed by atoms with E-state index in [1.165, 1.54) is 0 Å². The monoisotopic (exact) mass is 364 g/mol. The quantitative estimate of drug-likeness (QED) is 0.733. The fourth-order valence-electron chi connectivity index (χ4n) is 2.57. The number of aryl methyl sites for hydroxylation is 3. The molecule has 1 aromatic carbocycles. The summed E-state index contributed by atoms with van der Waals surface area (Å²) in [6.45, 7) is 4.99. The molecule has 0 bridgehead atoms. The normalized spacial score (nSPS) is 11.2. The lowest BCUT2D eigenvalue weighted by Gasteiger charge is -2.02. The topological polar surface area (TPSA) is 55.9 Å². The second-order valence-corrected chi connectivity index (χ2v) is 6.41. The number of hydrogen-bond donors (Lipinski definition) is 1. The Balaban J connectivity index is 1.68. The van der Waals surface area contributed by atoms with Gasteiger partial charge in [0, 0.05) is 29.7 Å². The summed E-state index contributed by atoms with van der Waals surface area (Å²) >= 11 is 12.2. The molecule has 0 saturated heterocycles. The first kappa shape index (κ1) is 17.0. The van der Waals surface area contributed by atoms with Crippen LogP contribution in [0.2, 0.25) is 10.2 Å². The van der Waals surface area contributed by atoms with Crippen molar-refractivity contribution < 1.29 is 4.42 Å². The highest BCUT2D eigenvalue weighted by Gasteiger charge is 2.13. The number of nitrogens with one attached hydrogen (secondary N) is 1. The van der Waals surface area contributed by atoms with Gasteiger partial charge in [-0.3, -0.25) is 4.68 Å². The Labute approximate surface area is 150 Å². The van der Waals surface area contributed by atoms with Gasteiger partial charge in [-0.05, 0) is 38.1 Å². The third kappa shape index (κ3) is 3.48. The Morgan fingerprint density at radius 3 is 2.42 bits per heavy atom. The number of oxazole rings is 1. The lowest BCUT2D eigenvalue weighted by molar-refractivity contribution is 0.477. The minimum atomic E-state index is 0.513. The minimum Gasteiger partial charge on any atom is -0.439 e. The zero-order valence-electron chi connectivity index (χ0n) is 13.7. The predicted molar refractivity (Wildman–Crippen MR) is 95.2 cm³/mol. The van der Waals surface area contributed by atoms with Crippen LogP contribution in [0.3, 0.4) is 0 Å². The van der Waals surface area contributed by atoms with Gasteiger partial charge in [-0.15, -0.1) is 0 Å². The van der Waals surface area contributed by atoms with Crippen molar-refractivity contribution in [1.82, 2.24) is 20.1 Å². The summed E-state index contributed by atoms with van der Waals surface area (Å²) in [6.07, 6.45) is 0. The third-order valence-corrected chi connectivity index (χ3v) is 4.52. The second kappa shape index (κ2) is 6.97. The van der Waals surface area contributed by atoms with Crippen LogP contribution in [0.4, 0.5) is 0 Å². The van der Waals surface area contributed by atoms with Gasteiger partial charge in [0.25, 0.3) is 0 Å². The molecule has 24 heavy (non-hydrogen) atoms. The van der Waals surface area contributed by atoms with E-state index in [9.17, 15) is 0 Å². The van der Waals surface area contributed by atoms with Crippen LogP contribution < -0.4 is 5.32 Å². The first-order chi connectivity index (χ1) is 11.5. The molecule has 0 saturated carbocycles. The maximum Gasteiger partial charge on any atom is 0.209 e. The third-order valence-electron chi connectivity index (χ3n) is 3.80. The van der Waals surface area contributed by atoms with Gasteiger partial charge in [-0.25, -0.2) is 4.98 Å². The maximum absolute atomic E-state index is 6.23. The highest BCUT2D eigenvalue weighted by Crippen LogP contribution is 2.26. The van der Waals surface area contributed by atoms with Gasteiger partial charge in [0.2, 0.25) is 5.89 Å². The Hall–Kier alpha value is -1.82. The van der Waals surface area contributed by atoms with Gasteiger partial charge in [0.1, 0.15) is 5.15 Å². The van der Waals surface area contributed by atoms with Crippen LogP contribution >= 0.6 is 23.2 Å². The van der Waals surface area contributed by atoms with Gasteiger partial charge in [-0.1, -0.05) is 23.2 Å². The second-order valence-electron chi connectivity index (χ2n) is 5.61. The summed E-state index contributed by atoms with van der Waals surface area (Å²) in [5.41, 5.74) is 3.72. The molecule has 1 N–H and O–H groups in total. The molecule has 0 atom stereocenters. The largest absolute Gasteiger partial charge is 0.439 e. The van der Waals surface area contributed by atoms with E-state index in [1.54, 1.807) is 4.68 Å². The maximum atomic E-state index is 6.23. The lowest BCUT2D eigenvalue weighted by Crippen LogP contribution is -2.13. The molecule has 0 aliphatic carbocycles. The number of hydrogen-bond acceptors (Lipinski definition) is 4. The van der Waals surface area contributed by atoms with Crippen molar-refractivity contribution in [2.24, 2.45) is 7.05 Å². The van der Waals surface area contributed by atoms with Crippen molar-refractivity contribution in [3.8, 4) is 11.3 Å². The molecule has 0 aliphatic rings. The zero-order valence-corrected chi connectivity index (χ0v) is 15.2. The highest BCUT2D eigenvalue weighted by atomic mass is 35.5. The molecule has 5 nitrogen and oxygen atoms in total. The fourth-order valence-corrected chi connectivity index (χ4v) is 2.93. The molecule has 7 heteroatoms. The first-order valence-corrected chi connectivity index (χ1v) is 8.32. The van der Waals surface area contributed by atoms with Gasteiger partial charge >= 0.3 is 0 Å². The smallest absolute Gasteiger partial charge is 0.209 e. The van der Waals surface area contributed by atoms with Crippen LogP contribution in [-0.2, 0) is 20.1 Å². The van der Waals surface area contributed by atoms with E-state index in [-0.39, 0.29) is 0 Å². The predicted octanol–water partition coefficient (Wildman–Crippen LogP) is 4.29. The average molecular weight is 365 g/mol. The Morgan fingerprint density at radius 1 is 1.08 bits per heavy atom. The van der Waals surface area contributed by atoms with E-state index in [2.05, 4.69) is 15.4 Å². The molecule has 0 spiro atoms. The Bertz CT molecular complexity index is 852. The van der Waals surface area contributed by atoms with Crippen molar-refractivity contribution >= 4 is 23.2 Å².